The SMILES string of the molecule is COc1ccc(C(=O)O[C@H](C)C(=O)Nc2cc(C(F)(F)F)ccc2N2CCOCC2)cc1OC. The number of anilines is 2. The smallest absolute Gasteiger partial charge is 0.416 e. The van der Waals surface area contributed by atoms with E-state index in [0.717, 1.165) is 12.1 Å². The average Bonchev–Trinajstić information content (AvgIpc) is 2.83. The third-order valence-electron chi connectivity index (χ3n) is 5.21. The summed E-state index contributed by atoms with van der Waals surface area (Å²) in [6, 6.07) is 7.49. The number of morpholine rings is 1. The maximum Gasteiger partial charge on any atom is 0.416 e. The number of nitrogens with one attached hydrogen (secondary N) is 1. The number of carbonyl (C=O) groups is 2. The topological polar surface area (TPSA) is 86.3 Å². The Kier molecular flexibility index (Phi) is 7.87. The minimum atomic E-state index is -4.59. The van der Waals surface area contributed by atoms with Gasteiger partial charge in [-0.25, -0.2) is 4.79 Å². The van der Waals surface area contributed by atoms with Crippen LogP contribution in [0.25, 0.3) is 0 Å². The monoisotopic (exact) mass is 482 g/mol. The van der Waals surface area contributed by atoms with E-state index in [9.17, 15) is 22.8 Å². The third kappa shape index (κ3) is 5.90. The number of esters is 1. The molecule has 8 nitrogen and oxygen atoms in total. The maximum absolute atomic E-state index is 13.3. The summed E-state index contributed by atoms with van der Waals surface area (Å²) >= 11 is 0. The van der Waals surface area contributed by atoms with Crippen LogP contribution in [0.5, 0.6) is 11.5 Å². The lowest BCUT2D eigenvalue weighted by Crippen LogP contribution is -2.37. The van der Waals surface area contributed by atoms with Gasteiger partial charge >= 0.3 is 12.1 Å². The largest absolute Gasteiger partial charge is 0.493 e. The fraction of sp³-hybridized carbons (Fsp3) is 0.391. The number of ether oxygens (including phenoxy) is 4. The van der Waals surface area contributed by atoms with Crippen LogP contribution >= 0.6 is 0 Å². The van der Waals surface area contributed by atoms with Gasteiger partial charge in [-0.3, -0.25) is 4.79 Å². The van der Waals surface area contributed by atoms with Crippen molar-refractivity contribution in [3.63, 3.8) is 0 Å². The molecule has 2 aromatic rings. The van der Waals surface area contributed by atoms with Crippen LogP contribution in [0.2, 0.25) is 0 Å². The molecule has 11 heteroatoms. The zero-order valence-corrected chi connectivity index (χ0v) is 18.9. The summed E-state index contributed by atoms with van der Waals surface area (Å²) in [6.07, 6.45) is -5.87. The molecule has 2 aromatic carbocycles. The second-order valence-corrected chi connectivity index (χ2v) is 7.44. The molecule has 3 rings (SSSR count). The fourth-order valence-corrected chi connectivity index (χ4v) is 3.37. The minimum Gasteiger partial charge on any atom is -0.493 e. The van der Waals surface area contributed by atoms with Crippen molar-refractivity contribution in [3.05, 3.63) is 47.5 Å². The van der Waals surface area contributed by atoms with Gasteiger partial charge < -0.3 is 29.2 Å². The number of amides is 1. The first-order valence-corrected chi connectivity index (χ1v) is 10.4. The number of hydrogen-bond acceptors (Lipinski definition) is 7. The molecule has 0 aliphatic carbocycles. The van der Waals surface area contributed by atoms with Gasteiger partial charge in [0.05, 0.1) is 49.9 Å². The lowest BCUT2D eigenvalue weighted by atomic mass is 10.1. The first-order valence-electron chi connectivity index (χ1n) is 10.4. The molecule has 1 fully saturated rings. The molecule has 1 saturated heterocycles. The number of benzene rings is 2. The molecule has 0 unspecified atom stereocenters. The second-order valence-electron chi connectivity index (χ2n) is 7.44. The van der Waals surface area contributed by atoms with E-state index in [1.807, 2.05) is 4.90 Å². The van der Waals surface area contributed by atoms with Crippen molar-refractivity contribution in [1.29, 1.82) is 0 Å². The van der Waals surface area contributed by atoms with E-state index in [-0.39, 0.29) is 11.3 Å². The van der Waals surface area contributed by atoms with Crippen molar-refractivity contribution >= 4 is 23.3 Å². The van der Waals surface area contributed by atoms with E-state index in [1.54, 1.807) is 0 Å². The summed E-state index contributed by atoms with van der Waals surface area (Å²) in [6.45, 7) is 3.06. The zero-order valence-electron chi connectivity index (χ0n) is 18.9. The minimum absolute atomic E-state index is 0.0317. The van der Waals surface area contributed by atoms with Gasteiger partial charge in [0.25, 0.3) is 5.91 Å². The van der Waals surface area contributed by atoms with Gasteiger partial charge in [0.2, 0.25) is 0 Å². The molecule has 0 bridgehead atoms. The normalized spacial score (nSPS) is 14.8. The maximum atomic E-state index is 13.3. The summed E-state index contributed by atoms with van der Waals surface area (Å²) in [7, 11) is 2.85. The Labute approximate surface area is 194 Å². The van der Waals surface area contributed by atoms with Crippen molar-refractivity contribution in [1.82, 2.24) is 0 Å². The van der Waals surface area contributed by atoms with Gasteiger partial charge in [-0.1, -0.05) is 0 Å². The van der Waals surface area contributed by atoms with Crippen LogP contribution in [0.4, 0.5) is 24.5 Å². The van der Waals surface area contributed by atoms with E-state index in [4.69, 9.17) is 18.9 Å². The van der Waals surface area contributed by atoms with Gasteiger partial charge in [0.15, 0.2) is 17.6 Å². The summed E-state index contributed by atoms with van der Waals surface area (Å²) in [5.41, 5.74) is -0.404. The molecule has 1 N–H and O–H groups in total. The van der Waals surface area contributed by atoms with Gasteiger partial charge in [0, 0.05) is 13.1 Å². The fourth-order valence-electron chi connectivity index (χ4n) is 3.37. The van der Waals surface area contributed by atoms with Crippen LogP contribution < -0.4 is 19.7 Å². The van der Waals surface area contributed by atoms with Crippen LogP contribution in [-0.2, 0) is 20.4 Å². The number of rotatable bonds is 7. The van der Waals surface area contributed by atoms with Crippen molar-refractivity contribution in [2.24, 2.45) is 0 Å². The molecule has 0 spiro atoms. The Morgan fingerprint density at radius 1 is 1.03 bits per heavy atom. The molecule has 1 heterocycles. The molecule has 1 aliphatic heterocycles. The van der Waals surface area contributed by atoms with Gasteiger partial charge in [-0.15, -0.1) is 0 Å². The highest BCUT2D eigenvalue weighted by atomic mass is 19.4. The van der Waals surface area contributed by atoms with Crippen LogP contribution in [0.1, 0.15) is 22.8 Å². The Morgan fingerprint density at radius 2 is 1.71 bits per heavy atom. The molecule has 1 aliphatic rings. The first-order chi connectivity index (χ1) is 16.1. The molecular weight excluding hydrogens is 457 g/mol. The van der Waals surface area contributed by atoms with Crippen LogP contribution in [0.3, 0.4) is 0 Å². The summed E-state index contributed by atoms with van der Waals surface area (Å²) in [5.74, 6) is -0.873. The number of halogens is 3. The van der Waals surface area contributed by atoms with Crippen molar-refractivity contribution < 1.29 is 41.7 Å². The Balaban J connectivity index is 1.77. The number of hydrogen-bond donors (Lipinski definition) is 1. The van der Waals surface area contributed by atoms with Gasteiger partial charge in [-0.2, -0.15) is 13.2 Å². The molecule has 34 heavy (non-hydrogen) atoms. The Hall–Kier alpha value is -3.47. The zero-order chi connectivity index (χ0) is 24.9. The Morgan fingerprint density at radius 3 is 2.32 bits per heavy atom. The van der Waals surface area contributed by atoms with E-state index in [0.29, 0.717) is 43.5 Å². The van der Waals surface area contributed by atoms with Crippen molar-refractivity contribution in [2.45, 2.75) is 19.2 Å². The van der Waals surface area contributed by atoms with Crippen LogP contribution in [0.15, 0.2) is 36.4 Å². The lowest BCUT2D eigenvalue weighted by Gasteiger charge is -2.31. The number of alkyl halides is 3. The Bertz CT molecular complexity index is 1040. The quantitative estimate of drug-likeness (QED) is 0.602. The molecular formula is C23H25F3N2O6. The predicted octanol–water partition coefficient (Wildman–Crippen LogP) is 3.74. The second kappa shape index (κ2) is 10.6. The average molecular weight is 482 g/mol. The van der Waals surface area contributed by atoms with Crippen LogP contribution in [0, 0.1) is 0 Å². The standard InChI is InChI=1S/C23H25F3N2O6/c1-14(34-22(30)15-4-7-19(31-2)20(12-15)32-3)21(29)27-17-13-16(23(24,25)26)5-6-18(17)28-8-10-33-11-9-28/h4-7,12-14H,8-11H2,1-3H3,(H,27,29)/t14-/m1/s1. The molecule has 0 radical (unpaired) electrons. The highest BCUT2D eigenvalue weighted by Crippen LogP contribution is 2.36. The number of nitrogens with zero attached hydrogens (tertiary/aromatic N) is 1. The van der Waals surface area contributed by atoms with E-state index >= 15 is 0 Å². The third-order valence-corrected chi connectivity index (χ3v) is 5.21. The molecule has 1 amide bonds. The predicted molar refractivity (Wildman–Crippen MR) is 118 cm³/mol. The van der Waals surface area contributed by atoms with Gasteiger partial charge in [-0.05, 0) is 43.3 Å². The first kappa shape index (κ1) is 25.2. The highest BCUT2D eigenvalue weighted by Gasteiger charge is 2.32. The highest BCUT2D eigenvalue weighted by molar-refractivity contribution is 5.99. The van der Waals surface area contributed by atoms with Crippen molar-refractivity contribution in [3.8, 4) is 11.5 Å². The van der Waals surface area contributed by atoms with Gasteiger partial charge in [0.1, 0.15) is 0 Å². The summed E-state index contributed by atoms with van der Waals surface area (Å²) in [4.78, 5) is 27.1. The lowest BCUT2D eigenvalue weighted by molar-refractivity contribution is -0.137. The number of methoxy groups -OCH3 is 2. The number of carbonyl (C=O) groups excluding carboxylic acids is 2. The molecule has 0 saturated carbocycles. The summed E-state index contributed by atoms with van der Waals surface area (Å²) in [5, 5.41) is 2.47. The van der Waals surface area contributed by atoms with Crippen molar-refractivity contribution in [2.75, 3.05) is 50.7 Å². The van der Waals surface area contributed by atoms with E-state index in [1.165, 1.54) is 45.4 Å². The van der Waals surface area contributed by atoms with Crippen LogP contribution in [-0.4, -0.2) is 58.5 Å². The molecule has 0 aromatic heterocycles. The van der Waals surface area contributed by atoms with E-state index in [2.05, 4.69) is 5.32 Å². The summed E-state index contributed by atoms with van der Waals surface area (Å²) < 4.78 is 60.6. The molecule has 184 valence electrons. The molecule has 1 atom stereocenters. The van der Waals surface area contributed by atoms with E-state index < -0.39 is 29.7 Å².